The van der Waals surface area contributed by atoms with E-state index in [1.54, 1.807) is 4.68 Å². The first-order valence-corrected chi connectivity index (χ1v) is 7.30. The third-order valence-corrected chi connectivity index (χ3v) is 4.03. The van der Waals surface area contributed by atoms with Crippen molar-refractivity contribution in [3.8, 4) is 0 Å². The molecule has 0 aliphatic carbocycles. The van der Waals surface area contributed by atoms with Crippen LogP contribution in [0, 0.1) is 0 Å². The third-order valence-electron chi connectivity index (χ3n) is 3.26. The second-order valence-corrected chi connectivity index (χ2v) is 5.47. The number of ether oxygens (including phenoxy) is 1. The molecule has 0 radical (unpaired) electrons. The molecule has 1 aliphatic heterocycles. The smallest absolute Gasteiger partial charge is 0.246 e. The van der Waals surface area contributed by atoms with E-state index in [-0.39, 0.29) is 0 Å². The maximum atomic E-state index is 5.96. The van der Waals surface area contributed by atoms with Gasteiger partial charge in [0.25, 0.3) is 0 Å². The van der Waals surface area contributed by atoms with Crippen LogP contribution in [0.5, 0.6) is 0 Å². The molecule has 0 bridgehead atoms. The van der Waals surface area contributed by atoms with Gasteiger partial charge in [0, 0.05) is 17.6 Å². The van der Waals surface area contributed by atoms with Crippen LogP contribution in [0.3, 0.4) is 0 Å². The number of anilines is 2. The van der Waals surface area contributed by atoms with Gasteiger partial charge >= 0.3 is 0 Å². The highest BCUT2D eigenvalue weighted by Gasteiger charge is 2.17. The number of halogens is 1. The highest BCUT2D eigenvalue weighted by Crippen LogP contribution is 2.19. The van der Waals surface area contributed by atoms with Crippen molar-refractivity contribution in [1.29, 1.82) is 0 Å². The van der Waals surface area contributed by atoms with E-state index >= 15 is 0 Å². The average Bonchev–Trinajstić information content (AvgIpc) is 2.84. The monoisotopic (exact) mass is 337 g/mol. The van der Waals surface area contributed by atoms with Gasteiger partial charge in [-0.15, -0.1) is 5.10 Å². The first kappa shape index (κ1) is 13.4. The van der Waals surface area contributed by atoms with E-state index in [9.17, 15) is 0 Å². The number of morpholine rings is 1. The van der Waals surface area contributed by atoms with E-state index in [1.807, 2.05) is 24.3 Å². The first-order chi connectivity index (χ1) is 9.74. The molecule has 3 rings (SSSR count). The zero-order valence-electron chi connectivity index (χ0n) is 11.0. The predicted octanol–water partition coefficient (Wildman–Crippen LogP) is 1.51. The van der Waals surface area contributed by atoms with Gasteiger partial charge in [0.15, 0.2) is 0 Å². The van der Waals surface area contributed by atoms with Gasteiger partial charge in [-0.3, -0.25) is 0 Å². The largest absolute Gasteiger partial charge is 0.378 e. The van der Waals surface area contributed by atoms with E-state index in [0.717, 1.165) is 23.1 Å². The molecule has 0 saturated carbocycles. The van der Waals surface area contributed by atoms with Gasteiger partial charge in [-0.05, 0) is 11.6 Å². The van der Waals surface area contributed by atoms with Crippen molar-refractivity contribution in [1.82, 2.24) is 14.8 Å². The number of nitrogens with two attached hydrogens (primary N) is 1. The summed E-state index contributed by atoms with van der Waals surface area (Å²) in [5, 5.41) is 4.50. The molecule has 1 aromatic carbocycles. The van der Waals surface area contributed by atoms with Crippen LogP contribution in [-0.4, -0.2) is 41.1 Å². The number of nitrogen functional groups attached to an aromatic ring is 1. The summed E-state index contributed by atoms with van der Waals surface area (Å²) in [7, 11) is 0. The number of nitrogens with zero attached hydrogens (tertiary/aromatic N) is 4. The fourth-order valence-corrected chi connectivity index (χ4v) is 2.55. The lowest BCUT2D eigenvalue weighted by Gasteiger charge is -2.25. The molecule has 106 valence electrons. The van der Waals surface area contributed by atoms with Crippen LogP contribution in [0.25, 0.3) is 0 Å². The van der Waals surface area contributed by atoms with E-state index in [2.05, 4.69) is 30.9 Å². The summed E-state index contributed by atoms with van der Waals surface area (Å²) < 4.78 is 8.10. The second kappa shape index (κ2) is 5.80. The van der Waals surface area contributed by atoms with Crippen LogP contribution in [0.15, 0.2) is 28.7 Å². The molecule has 1 saturated heterocycles. The highest BCUT2D eigenvalue weighted by atomic mass is 79.9. The van der Waals surface area contributed by atoms with Crippen LogP contribution >= 0.6 is 15.9 Å². The van der Waals surface area contributed by atoms with Crippen molar-refractivity contribution in [2.45, 2.75) is 6.54 Å². The van der Waals surface area contributed by atoms with Crippen LogP contribution in [-0.2, 0) is 11.3 Å². The lowest BCUT2D eigenvalue weighted by Crippen LogP contribution is -2.37. The Hall–Kier alpha value is -1.60. The van der Waals surface area contributed by atoms with E-state index in [4.69, 9.17) is 10.5 Å². The maximum absolute atomic E-state index is 5.96. The molecule has 0 spiro atoms. The SMILES string of the molecule is Nc1nc(N2CCOCC2)nn1Cc1ccccc1Br. The van der Waals surface area contributed by atoms with Gasteiger partial charge in [-0.1, -0.05) is 34.1 Å². The minimum absolute atomic E-state index is 0.433. The molecule has 0 amide bonds. The Labute approximate surface area is 125 Å². The second-order valence-electron chi connectivity index (χ2n) is 4.62. The Morgan fingerprint density at radius 2 is 2.00 bits per heavy atom. The number of benzene rings is 1. The molecular weight excluding hydrogens is 322 g/mol. The molecular formula is C13H16BrN5O. The fraction of sp³-hybridized carbons (Fsp3) is 0.385. The molecule has 2 N–H and O–H groups in total. The van der Waals surface area contributed by atoms with Gasteiger partial charge in [-0.25, -0.2) is 4.68 Å². The quantitative estimate of drug-likeness (QED) is 0.919. The molecule has 2 heterocycles. The Kier molecular flexibility index (Phi) is 3.88. The topological polar surface area (TPSA) is 69.2 Å². The number of hydrogen-bond donors (Lipinski definition) is 1. The van der Waals surface area contributed by atoms with Crippen molar-refractivity contribution in [2.75, 3.05) is 36.9 Å². The van der Waals surface area contributed by atoms with Gasteiger partial charge in [0.05, 0.1) is 19.8 Å². The van der Waals surface area contributed by atoms with Crippen molar-refractivity contribution in [2.24, 2.45) is 0 Å². The summed E-state index contributed by atoms with van der Waals surface area (Å²) in [6.07, 6.45) is 0. The molecule has 0 atom stereocenters. The van der Waals surface area contributed by atoms with Crippen molar-refractivity contribution < 1.29 is 4.74 Å². The fourth-order valence-electron chi connectivity index (χ4n) is 2.14. The minimum atomic E-state index is 0.433. The standard InChI is InChI=1S/C13H16BrN5O/c14-11-4-2-1-3-10(11)9-19-12(15)16-13(17-19)18-5-7-20-8-6-18/h1-4H,5-9H2,(H2,15,16,17). The number of rotatable bonds is 3. The first-order valence-electron chi connectivity index (χ1n) is 6.50. The summed E-state index contributed by atoms with van der Waals surface area (Å²) in [6.45, 7) is 3.62. The van der Waals surface area contributed by atoms with E-state index < -0.39 is 0 Å². The molecule has 20 heavy (non-hydrogen) atoms. The van der Waals surface area contributed by atoms with Crippen LogP contribution in [0.1, 0.15) is 5.56 Å². The maximum Gasteiger partial charge on any atom is 0.246 e. The highest BCUT2D eigenvalue weighted by molar-refractivity contribution is 9.10. The lowest BCUT2D eigenvalue weighted by atomic mass is 10.2. The minimum Gasteiger partial charge on any atom is -0.378 e. The average molecular weight is 338 g/mol. The zero-order chi connectivity index (χ0) is 13.9. The third kappa shape index (κ3) is 2.78. The van der Waals surface area contributed by atoms with Crippen LogP contribution < -0.4 is 10.6 Å². The van der Waals surface area contributed by atoms with Gasteiger partial charge < -0.3 is 15.4 Å². The molecule has 1 fully saturated rings. The van der Waals surface area contributed by atoms with E-state index in [1.165, 1.54) is 0 Å². The summed E-state index contributed by atoms with van der Waals surface area (Å²) in [5.74, 6) is 1.11. The lowest BCUT2D eigenvalue weighted by molar-refractivity contribution is 0.122. The zero-order valence-corrected chi connectivity index (χ0v) is 12.6. The van der Waals surface area contributed by atoms with Crippen molar-refractivity contribution >= 4 is 27.8 Å². The summed E-state index contributed by atoms with van der Waals surface area (Å²) in [5.41, 5.74) is 7.08. The number of aromatic nitrogens is 3. The molecule has 0 unspecified atom stereocenters. The Bertz CT molecular complexity index is 594. The predicted molar refractivity (Wildman–Crippen MR) is 80.7 cm³/mol. The Morgan fingerprint density at radius 1 is 1.25 bits per heavy atom. The summed E-state index contributed by atoms with van der Waals surface area (Å²) >= 11 is 3.53. The normalized spacial score (nSPS) is 15.6. The molecule has 1 aromatic heterocycles. The van der Waals surface area contributed by atoms with Gasteiger partial charge in [-0.2, -0.15) is 4.98 Å². The number of hydrogen-bond acceptors (Lipinski definition) is 5. The molecule has 6 nitrogen and oxygen atoms in total. The van der Waals surface area contributed by atoms with Crippen molar-refractivity contribution in [3.63, 3.8) is 0 Å². The van der Waals surface area contributed by atoms with Gasteiger partial charge in [0.1, 0.15) is 0 Å². The Morgan fingerprint density at radius 3 is 2.75 bits per heavy atom. The van der Waals surface area contributed by atoms with Crippen LogP contribution in [0.2, 0.25) is 0 Å². The molecule has 2 aromatic rings. The summed E-state index contributed by atoms with van der Waals surface area (Å²) in [6, 6.07) is 8.03. The summed E-state index contributed by atoms with van der Waals surface area (Å²) in [4.78, 5) is 6.44. The van der Waals surface area contributed by atoms with Crippen LogP contribution in [0.4, 0.5) is 11.9 Å². The van der Waals surface area contributed by atoms with E-state index in [0.29, 0.717) is 31.7 Å². The van der Waals surface area contributed by atoms with Crippen molar-refractivity contribution in [3.05, 3.63) is 34.3 Å². The van der Waals surface area contributed by atoms with Gasteiger partial charge in [0.2, 0.25) is 11.9 Å². The molecule has 1 aliphatic rings. The Balaban J connectivity index is 1.80. The molecule has 7 heteroatoms.